The summed E-state index contributed by atoms with van der Waals surface area (Å²) in [6.07, 6.45) is 2.54. The van der Waals surface area contributed by atoms with Gasteiger partial charge in [0.25, 0.3) is 0 Å². The summed E-state index contributed by atoms with van der Waals surface area (Å²) in [5.74, 6) is -0.777. The molecule has 0 aromatic carbocycles. The molecular formula is C16H28O5. The van der Waals surface area contributed by atoms with Crippen molar-refractivity contribution in [1.82, 2.24) is 0 Å². The van der Waals surface area contributed by atoms with Crippen LogP contribution in [-0.2, 0) is 23.8 Å². The van der Waals surface area contributed by atoms with Gasteiger partial charge in [0.2, 0.25) is 0 Å². The summed E-state index contributed by atoms with van der Waals surface area (Å²) in [4.78, 5) is 25.1. The van der Waals surface area contributed by atoms with E-state index in [9.17, 15) is 9.59 Å². The maximum Gasteiger partial charge on any atom is 0.323 e. The Hall–Kier alpha value is -1.10. The number of carbonyl (C=O) groups is 2. The van der Waals surface area contributed by atoms with Gasteiger partial charge in [0.1, 0.15) is 0 Å². The Morgan fingerprint density at radius 1 is 1.19 bits per heavy atom. The highest BCUT2D eigenvalue weighted by Gasteiger charge is 2.51. The maximum atomic E-state index is 12.5. The third kappa shape index (κ3) is 4.70. The molecule has 1 atom stereocenters. The van der Waals surface area contributed by atoms with E-state index in [4.69, 9.17) is 14.2 Å². The van der Waals surface area contributed by atoms with Gasteiger partial charge in [0.05, 0.1) is 19.3 Å². The maximum absolute atomic E-state index is 12.5. The third-order valence-corrected chi connectivity index (χ3v) is 3.69. The Morgan fingerprint density at radius 2 is 1.76 bits per heavy atom. The second kappa shape index (κ2) is 8.37. The minimum Gasteiger partial charge on any atom is -0.465 e. The zero-order valence-electron chi connectivity index (χ0n) is 13.6. The van der Waals surface area contributed by atoms with Crippen molar-refractivity contribution in [2.24, 2.45) is 11.3 Å². The Labute approximate surface area is 127 Å². The van der Waals surface area contributed by atoms with Crippen LogP contribution in [0.15, 0.2) is 0 Å². The van der Waals surface area contributed by atoms with Crippen LogP contribution in [0.5, 0.6) is 0 Å². The molecule has 122 valence electrons. The van der Waals surface area contributed by atoms with Gasteiger partial charge < -0.3 is 14.2 Å². The van der Waals surface area contributed by atoms with Crippen LogP contribution >= 0.6 is 0 Å². The zero-order chi connectivity index (χ0) is 15.9. The smallest absolute Gasteiger partial charge is 0.323 e. The number of rotatable bonds is 8. The number of ether oxygens (including phenoxy) is 3. The molecule has 0 amide bonds. The molecule has 21 heavy (non-hydrogen) atoms. The minimum atomic E-state index is -1.24. The number of esters is 2. The third-order valence-electron chi connectivity index (χ3n) is 3.69. The molecule has 1 aliphatic heterocycles. The van der Waals surface area contributed by atoms with Gasteiger partial charge in [0.15, 0.2) is 5.41 Å². The van der Waals surface area contributed by atoms with E-state index in [2.05, 4.69) is 0 Å². The summed E-state index contributed by atoms with van der Waals surface area (Å²) in [7, 11) is 0. The van der Waals surface area contributed by atoms with Gasteiger partial charge in [0, 0.05) is 13.0 Å². The molecule has 1 fully saturated rings. The molecule has 5 nitrogen and oxygen atoms in total. The first-order valence-corrected chi connectivity index (χ1v) is 7.92. The lowest BCUT2D eigenvalue weighted by Crippen LogP contribution is -2.45. The van der Waals surface area contributed by atoms with Crippen molar-refractivity contribution in [3.05, 3.63) is 0 Å². The molecule has 0 N–H and O–H groups in total. The van der Waals surface area contributed by atoms with Crippen LogP contribution in [0.3, 0.4) is 0 Å². The van der Waals surface area contributed by atoms with E-state index in [1.807, 2.05) is 13.8 Å². The topological polar surface area (TPSA) is 61.8 Å². The van der Waals surface area contributed by atoms with Gasteiger partial charge in [-0.05, 0) is 39.0 Å². The van der Waals surface area contributed by atoms with Crippen molar-refractivity contribution in [3.8, 4) is 0 Å². The van der Waals surface area contributed by atoms with Crippen molar-refractivity contribution in [3.63, 3.8) is 0 Å². The molecule has 1 rings (SSSR count). The largest absolute Gasteiger partial charge is 0.465 e. The van der Waals surface area contributed by atoms with E-state index in [1.165, 1.54) is 0 Å². The predicted octanol–water partition coefficient (Wildman–Crippen LogP) is 2.71. The van der Waals surface area contributed by atoms with Crippen molar-refractivity contribution in [2.45, 2.75) is 59.5 Å². The molecule has 0 aliphatic carbocycles. The summed E-state index contributed by atoms with van der Waals surface area (Å²) in [6.45, 7) is 8.66. The van der Waals surface area contributed by atoms with Crippen molar-refractivity contribution < 1.29 is 23.8 Å². The Morgan fingerprint density at radius 3 is 2.14 bits per heavy atom. The summed E-state index contributed by atoms with van der Waals surface area (Å²) in [6, 6.07) is 0. The second-order valence-corrected chi connectivity index (χ2v) is 5.96. The molecule has 0 bridgehead atoms. The van der Waals surface area contributed by atoms with E-state index in [0.29, 0.717) is 19.4 Å². The van der Waals surface area contributed by atoms with Crippen LogP contribution < -0.4 is 0 Å². The van der Waals surface area contributed by atoms with Crippen LogP contribution in [-0.4, -0.2) is 37.9 Å². The molecule has 1 aliphatic rings. The first kappa shape index (κ1) is 18.0. The molecule has 1 saturated heterocycles. The molecular weight excluding hydrogens is 272 g/mol. The quantitative estimate of drug-likeness (QED) is 0.509. The van der Waals surface area contributed by atoms with Crippen LogP contribution in [0.1, 0.15) is 53.4 Å². The number of hydrogen-bond acceptors (Lipinski definition) is 5. The average molecular weight is 300 g/mol. The number of carbonyl (C=O) groups excluding carboxylic acids is 2. The fraction of sp³-hybridized carbons (Fsp3) is 0.875. The molecule has 0 aromatic heterocycles. The molecule has 0 radical (unpaired) electrons. The molecule has 0 spiro atoms. The Kier molecular flexibility index (Phi) is 7.15. The van der Waals surface area contributed by atoms with Crippen molar-refractivity contribution >= 4 is 11.9 Å². The average Bonchev–Trinajstić information content (AvgIpc) is 2.90. The fourth-order valence-electron chi connectivity index (χ4n) is 2.93. The lowest BCUT2D eigenvalue weighted by molar-refractivity contribution is -0.176. The van der Waals surface area contributed by atoms with E-state index in [-0.39, 0.29) is 25.2 Å². The van der Waals surface area contributed by atoms with Gasteiger partial charge in [-0.15, -0.1) is 0 Å². The van der Waals surface area contributed by atoms with Gasteiger partial charge in [-0.1, -0.05) is 13.8 Å². The molecule has 1 heterocycles. The van der Waals surface area contributed by atoms with Gasteiger partial charge in [-0.3, -0.25) is 9.59 Å². The van der Waals surface area contributed by atoms with Crippen LogP contribution in [0.25, 0.3) is 0 Å². The van der Waals surface area contributed by atoms with Crippen LogP contribution in [0.2, 0.25) is 0 Å². The van der Waals surface area contributed by atoms with E-state index < -0.39 is 17.4 Å². The monoisotopic (exact) mass is 300 g/mol. The van der Waals surface area contributed by atoms with E-state index in [1.54, 1.807) is 13.8 Å². The van der Waals surface area contributed by atoms with E-state index >= 15 is 0 Å². The number of hydrogen-bond donors (Lipinski definition) is 0. The van der Waals surface area contributed by atoms with E-state index in [0.717, 1.165) is 12.8 Å². The molecule has 1 unspecified atom stereocenters. The highest BCUT2D eigenvalue weighted by molar-refractivity contribution is 6.00. The Bertz CT molecular complexity index is 327. The normalized spacial score (nSPS) is 18.8. The highest BCUT2D eigenvalue weighted by Crippen LogP contribution is 2.38. The predicted molar refractivity (Wildman–Crippen MR) is 78.7 cm³/mol. The summed E-state index contributed by atoms with van der Waals surface area (Å²) < 4.78 is 16.0. The summed E-state index contributed by atoms with van der Waals surface area (Å²) >= 11 is 0. The van der Waals surface area contributed by atoms with Crippen LogP contribution in [0, 0.1) is 11.3 Å². The standard InChI is InChI=1S/C16H28O5/c1-5-19-14(17)16(10-12(3)4,15(18)20-6-2)11-13-8-7-9-21-13/h12-13H,5-11H2,1-4H3. The lowest BCUT2D eigenvalue weighted by atomic mass is 9.75. The van der Waals surface area contributed by atoms with Gasteiger partial charge >= 0.3 is 11.9 Å². The van der Waals surface area contributed by atoms with Crippen LogP contribution in [0.4, 0.5) is 0 Å². The lowest BCUT2D eigenvalue weighted by Gasteiger charge is -2.32. The van der Waals surface area contributed by atoms with Gasteiger partial charge in [-0.2, -0.15) is 0 Å². The van der Waals surface area contributed by atoms with Crippen molar-refractivity contribution in [2.75, 3.05) is 19.8 Å². The molecule has 0 saturated carbocycles. The second-order valence-electron chi connectivity index (χ2n) is 5.96. The molecule has 5 heteroatoms. The van der Waals surface area contributed by atoms with Crippen molar-refractivity contribution in [1.29, 1.82) is 0 Å². The zero-order valence-corrected chi connectivity index (χ0v) is 13.6. The summed E-state index contributed by atoms with van der Waals surface area (Å²) in [5, 5.41) is 0. The highest BCUT2D eigenvalue weighted by atomic mass is 16.6. The Balaban J connectivity index is 3.04. The van der Waals surface area contributed by atoms with Gasteiger partial charge in [-0.25, -0.2) is 0 Å². The fourth-order valence-corrected chi connectivity index (χ4v) is 2.93. The molecule has 0 aromatic rings. The summed E-state index contributed by atoms with van der Waals surface area (Å²) in [5.41, 5.74) is -1.24. The first-order valence-electron chi connectivity index (χ1n) is 7.92. The SMILES string of the molecule is CCOC(=O)C(CC(C)C)(CC1CCCO1)C(=O)OCC. The minimum absolute atomic E-state index is 0.0717. The first-order chi connectivity index (χ1) is 9.96.